The maximum Gasteiger partial charge on any atom is 0.137 e. The molecule has 110 valence electrons. The van der Waals surface area contributed by atoms with Gasteiger partial charge >= 0.3 is 0 Å². The fraction of sp³-hybridized carbons (Fsp3) is 0.538. The predicted octanol–water partition coefficient (Wildman–Crippen LogP) is 3.27. The highest BCUT2D eigenvalue weighted by Crippen LogP contribution is 2.17. The normalized spacial score (nSPS) is 19.4. The molecule has 0 amide bonds. The zero-order valence-electron chi connectivity index (χ0n) is 10.9. The molecule has 1 aromatic carbocycles. The smallest absolute Gasteiger partial charge is 0.137 e. The lowest BCUT2D eigenvalue weighted by Crippen LogP contribution is -2.49. The van der Waals surface area contributed by atoms with Gasteiger partial charge in [-0.1, -0.05) is 6.07 Å². The molecular formula is C13H20BrCl2FN2. The molecule has 1 saturated heterocycles. The van der Waals surface area contributed by atoms with Crippen LogP contribution in [-0.2, 0) is 6.42 Å². The average molecular weight is 374 g/mol. The van der Waals surface area contributed by atoms with Crippen molar-refractivity contribution in [3.05, 3.63) is 34.1 Å². The molecule has 0 aliphatic carbocycles. The standard InChI is InChI=1S/C13H18BrFN2.2ClH/c1-10-9-17(7-5-16-10)6-4-11-2-3-13(15)12(14)8-11;;/h2-3,8,10,16H,4-7,9H2,1H3;2*1H/t10-;;/m0../s1. The summed E-state index contributed by atoms with van der Waals surface area (Å²) in [6.45, 7) is 6.52. The van der Waals surface area contributed by atoms with Crippen molar-refractivity contribution in [2.75, 3.05) is 26.2 Å². The van der Waals surface area contributed by atoms with Crippen LogP contribution in [0.3, 0.4) is 0 Å². The van der Waals surface area contributed by atoms with E-state index in [0.717, 1.165) is 32.6 Å². The first kappa shape index (κ1) is 19.1. The Bertz CT molecular complexity index is 393. The van der Waals surface area contributed by atoms with Crippen LogP contribution in [0.25, 0.3) is 0 Å². The van der Waals surface area contributed by atoms with Crippen LogP contribution in [0.15, 0.2) is 22.7 Å². The Morgan fingerprint density at radius 2 is 2.16 bits per heavy atom. The Balaban J connectivity index is 0.00000162. The molecule has 1 heterocycles. The van der Waals surface area contributed by atoms with Crippen LogP contribution in [-0.4, -0.2) is 37.1 Å². The second kappa shape index (κ2) is 9.14. The van der Waals surface area contributed by atoms with Crippen molar-refractivity contribution in [1.29, 1.82) is 0 Å². The summed E-state index contributed by atoms with van der Waals surface area (Å²) in [6, 6.07) is 5.84. The fourth-order valence-corrected chi connectivity index (χ4v) is 2.62. The summed E-state index contributed by atoms with van der Waals surface area (Å²) in [7, 11) is 0. The van der Waals surface area contributed by atoms with Gasteiger partial charge in [0.15, 0.2) is 0 Å². The molecule has 6 heteroatoms. The molecule has 1 N–H and O–H groups in total. The molecule has 0 aromatic heterocycles. The lowest BCUT2D eigenvalue weighted by molar-refractivity contribution is 0.209. The van der Waals surface area contributed by atoms with Crippen LogP contribution in [0.2, 0.25) is 0 Å². The number of benzene rings is 1. The molecule has 1 aliphatic heterocycles. The molecule has 1 atom stereocenters. The molecule has 2 rings (SSSR count). The fourth-order valence-electron chi connectivity index (χ4n) is 2.20. The van der Waals surface area contributed by atoms with E-state index in [1.807, 2.05) is 12.1 Å². The third kappa shape index (κ3) is 5.96. The summed E-state index contributed by atoms with van der Waals surface area (Å²) >= 11 is 3.22. The van der Waals surface area contributed by atoms with Crippen LogP contribution < -0.4 is 5.32 Å². The Morgan fingerprint density at radius 1 is 1.42 bits per heavy atom. The van der Waals surface area contributed by atoms with E-state index >= 15 is 0 Å². The Morgan fingerprint density at radius 3 is 2.79 bits per heavy atom. The maximum atomic E-state index is 13.1. The van der Waals surface area contributed by atoms with E-state index in [4.69, 9.17) is 0 Å². The molecule has 19 heavy (non-hydrogen) atoms. The van der Waals surface area contributed by atoms with Crippen molar-refractivity contribution in [2.24, 2.45) is 0 Å². The van der Waals surface area contributed by atoms with Gasteiger partial charge in [0, 0.05) is 32.2 Å². The molecule has 0 radical (unpaired) electrons. The van der Waals surface area contributed by atoms with Gasteiger partial charge in [0.05, 0.1) is 4.47 Å². The van der Waals surface area contributed by atoms with Gasteiger partial charge in [0.2, 0.25) is 0 Å². The topological polar surface area (TPSA) is 15.3 Å². The van der Waals surface area contributed by atoms with Gasteiger partial charge in [-0.25, -0.2) is 4.39 Å². The minimum atomic E-state index is -0.190. The predicted molar refractivity (Wildman–Crippen MR) is 86.2 cm³/mol. The second-order valence-corrected chi connectivity index (χ2v) is 5.51. The number of piperazine rings is 1. The molecule has 1 aliphatic rings. The summed E-state index contributed by atoms with van der Waals surface area (Å²) in [5.41, 5.74) is 1.18. The number of hydrogen-bond donors (Lipinski definition) is 1. The van der Waals surface area contributed by atoms with Gasteiger partial charge in [0.1, 0.15) is 5.82 Å². The highest BCUT2D eigenvalue weighted by molar-refractivity contribution is 9.10. The van der Waals surface area contributed by atoms with Gasteiger partial charge in [0.25, 0.3) is 0 Å². The van der Waals surface area contributed by atoms with Crippen LogP contribution in [0.1, 0.15) is 12.5 Å². The van der Waals surface area contributed by atoms with Crippen LogP contribution >= 0.6 is 40.7 Å². The molecule has 1 fully saturated rings. The minimum absolute atomic E-state index is 0. The maximum absolute atomic E-state index is 13.1. The first-order chi connectivity index (χ1) is 8.15. The zero-order valence-corrected chi connectivity index (χ0v) is 14.1. The van der Waals surface area contributed by atoms with Crippen LogP contribution in [0.5, 0.6) is 0 Å². The summed E-state index contributed by atoms with van der Waals surface area (Å²) in [4.78, 5) is 2.46. The number of rotatable bonds is 3. The molecule has 0 spiro atoms. The molecular weight excluding hydrogens is 354 g/mol. The van der Waals surface area contributed by atoms with Crippen molar-refractivity contribution in [2.45, 2.75) is 19.4 Å². The van der Waals surface area contributed by atoms with Crippen molar-refractivity contribution < 1.29 is 4.39 Å². The molecule has 0 unspecified atom stereocenters. The Hall–Kier alpha value is 0.130. The lowest BCUT2D eigenvalue weighted by atomic mass is 10.1. The molecule has 0 saturated carbocycles. The summed E-state index contributed by atoms with van der Waals surface area (Å²) in [5.74, 6) is -0.190. The zero-order chi connectivity index (χ0) is 12.3. The van der Waals surface area contributed by atoms with Crippen LogP contribution in [0.4, 0.5) is 4.39 Å². The largest absolute Gasteiger partial charge is 0.312 e. The van der Waals surface area contributed by atoms with Gasteiger partial charge < -0.3 is 10.2 Å². The van der Waals surface area contributed by atoms with E-state index < -0.39 is 0 Å². The van der Waals surface area contributed by atoms with E-state index in [2.05, 4.69) is 33.1 Å². The van der Waals surface area contributed by atoms with Crippen molar-refractivity contribution in [1.82, 2.24) is 10.2 Å². The minimum Gasteiger partial charge on any atom is -0.312 e. The van der Waals surface area contributed by atoms with E-state index in [1.165, 1.54) is 11.6 Å². The molecule has 2 nitrogen and oxygen atoms in total. The first-order valence-corrected chi connectivity index (χ1v) is 6.84. The Labute approximate surface area is 135 Å². The first-order valence-electron chi connectivity index (χ1n) is 6.05. The second-order valence-electron chi connectivity index (χ2n) is 4.65. The van der Waals surface area contributed by atoms with Crippen molar-refractivity contribution in [3.63, 3.8) is 0 Å². The highest BCUT2D eigenvalue weighted by Gasteiger charge is 2.14. The quantitative estimate of drug-likeness (QED) is 0.874. The van der Waals surface area contributed by atoms with E-state index in [-0.39, 0.29) is 30.6 Å². The third-order valence-corrected chi connectivity index (χ3v) is 3.76. The Kier molecular flexibility index (Phi) is 9.20. The van der Waals surface area contributed by atoms with E-state index in [0.29, 0.717) is 10.5 Å². The summed E-state index contributed by atoms with van der Waals surface area (Å²) < 4.78 is 13.6. The number of nitrogens with one attached hydrogen (secondary N) is 1. The summed E-state index contributed by atoms with van der Waals surface area (Å²) in [5, 5.41) is 3.43. The van der Waals surface area contributed by atoms with E-state index in [1.54, 1.807) is 0 Å². The molecule has 1 aromatic rings. The number of halogens is 4. The third-order valence-electron chi connectivity index (χ3n) is 3.15. The molecule has 0 bridgehead atoms. The summed E-state index contributed by atoms with van der Waals surface area (Å²) in [6.07, 6.45) is 0.978. The van der Waals surface area contributed by atoms with Crippen molar-refractivity contribution >= 4 is 40.7 Å². The lowest BCUT2D eigenvalue weighted by Gasteiger charge is -2.31. The number of hydrogen-bond acceptors (Lipinski definition) is 2. The van der Waals surface area contributed by atoms with E-state index in [9.17, 15) is 4.39 Å². The SMILES string of the molecule is C[C@H]1CN(CCc2ccc(F)c(Br)c2)CCN1.Cl.Cl. The highest BCUT2D eigenvalue weighted by atomic mass is 79.9. The average Bonchev–Trinajstić information content (AvgIpc) is 2.31. The van der Waals surface area contributed by atoms with Crippen molar-refractivity contribution in [3.8, 4) is 0 Å². The van der Waals surface area contributed by atoms with Gasteiger partial charge in [-0.05, 0) is 47.0 Å². The van der Waals surface area contributed by atoms with Gasteiger partial charge in [-0.15, -0.1) is 24.8 Å². The van der Waals surface area contributed by atoms with Gasteiger partial charge in [-0.3, -0.25) is 0 Å². The number of nitrogens with zero attached hydrogens (tertiary/aromatic N) is 1. The monoisotopic (exact) mass is 372 g/mol. The van der Waals surface area contributed by atoms with Crippen LogP contribution in [0, 0.1) is 5.82 Å². The van der Waals surface area contributed by atoms with Gasteiger partial charge in [-0.2, -0.15) is 0 Å².